The molecule has 1 aliphatic rings. The van der Waals surface area contributed by atoms with E-state index in [1.54, 1.807) is 0 Å². The van der Waals surface area contributed by atoms with Gasteiger partial charge in [0.1, 0.15) is 11.4 Å². The van der Waals surface area contributed by atoms with E-state index in [0.717, 1.165) is 25.3 Å². The molecule has 1 heterocycles. The smallest absolute Gasteiger partial charge is 0.407 e. The number of alkyl carbamates (subject to hydrolysis) is 1. The fraction of sp³-hybridized carbons (Fsp3) is 0.765. The van der Waals surface area contributed by atoms with Gasteiger partial charge in [0.05, 0.1) is 6.54 Å². The Morgan fingerprint density at radius 2 is 2.22 bits per heavy atom. The van der Waals surface area contributed by atoms with Crippen LogP contribution < -0.4 is 10.6 Å². The predicted octanol–water partition coefficient (Wildman–Crippen LogP) is 2.69. The zero-order valence-electron chi connectivity index (χ0n) is 14.8. The lowest BCUT2D eigenvalue weighted by Gasteiger charge is -2.22. The Morgan fingerprint density at radius 3 is 2.83 bits per heavy atom. The highest BCUT2D eigenvalue weighted by Crippen LogP contribution is 2.32. The maximum atomic E-state index is 11.8. The van der Waals surface area contributed by atoms with Crippen LogP contribution >= 0.6 is 0 Å². The average Bonchev–Trinajstić information content (AvgIpc) is 3.19. The Hall–Kier alpha value is -1.56. The van der Waals surface area contributed by atoms with E-state index in [1.807, 2.05) is 33.2 Å². The van der Waals surface area contributed by atoms with Gasteiger partial charge in [-0.1, -0.05) is 6.92 Å². The van der Waals surface area contributed by atoms with E-state index in [0.29, 0.717) is 12.5 Å². The lowest BCUT2D eigenvalue weighted by molar-refractivity contribution is 0.0521. The Kier molecular flexibility index (Phi) is 6.04. The third kappa shape index (κ3) is 6.22. The zero-order chi connectivity index (χ0) is 16.9. The van der Waals surface area contributed by atoms with Crippen molar-refractivity contribution in [2.75, 3.05) is 6.54 Å². The van der Waals surface area contributed by atoms with Gasteiger partial charge in [-0.15, -0.1) is 0 Å². The van der Waals surface area contributed by atoms with Gasteiger partial charge in [-0.3, -0.25) is 0 Å². The van der Waals surface area contributed by atoms with Crippen LogP contribution in [0.3, 0.4) is 0 Å². The van der Waals surface area contributed by atoms with Crippen LogP contribution in [0.4, 0.5) is 4.79 Å². The van der Waals surface area contributed by atoms with Gasteiger partial charge in [0.2, 0.25) is 0 Å². The van der Waals surface area contributed by atoms with Crippen LogP contribution in [0.25, 0.3) is 0 Å². The van der Waals surface area contributed by atoms with Gasteiger partial charge < -0.3 is 19.9 Å². The molecule has 1 aliphatic carbocycles. The van der Waals surface area contributed by atoms with Crippen LogP contribution in [0.15, 0.2) is 12.4 Å². The molecule has 0 aliphatic heterocycles. The SMILES string of the molecule is CCCn1ccnc1CNC(CNC(=O)OC(C)(C)C)C1CC1. The first-order valence-corrected chi connectivity index (χ1v) is 8.59. The van der Waals surface area contributed by atoms with Crippen molar-refractivity contribution in [3.8, 4) is 0 Å². The molecule has 1 aromatic heterocycles. The van der Waals surface area contributed by atoms with Crippen LogP contribution in [0, 0.1) is 5.92 Å². The van der Waals surface area contributed by atoms with Gasteiger partial charge in [-0.2, -0.15) is 0 Å². The molecular formula is C17H30N4O2. The van der Waals surface area contributed by atoms with Crippen molar-refractivity contribution in [2.24, 2.45) is 5.92 Å². The number of ether oxygens (including phenoxy) is 1. The van der Waals surface area contributed by atoms with Crippen molar-refractivity contribution in [3.05, 3.63) is 18.2 Å². The standard InChI is InChI=1S/C17H30N4O2/c1-5-9-21-10-8-18-15(21)12-19-14(13-6-7-13)11-20-16(22)23-17(2,3)4/h8,10,13-14,19H,5-7,9,11-12H2,1-4H3,(H,20,22). The molecule has 6 heteroatoms. The molecule has 1 atom stereocenters. The Morgan fingerprint density at radius 1 is 1.48 bits per heavy atom. The number of aromatic nitrogens is 2. The van der Waals surface area contributed by atoms with Crippen molar-refractivity contribution in [3.63, 3.8) is 0 Å². The number of hydrogen-bond acceptors (Lipinski definition) is 4. The number of rotatable bonds is 8. The van der Waals surface area contributed by atoms with Gasteiger partial charge in [0, 0.05) is 31.5 Å². The lowest BCUT2D eigenvalue weighted by atomic mass is 10.2. The first kappa shape index (κ1) is 17.8. The molecule has 0 bridgehead atoms. The Balaban J connectivity index is 1.80. The summed E-state index contributed by atoms with van der Waals surface area (Å²) >= 11 is 0. The van der Waals surface area contributed by atoms with E-state index in [1.165, 1.54) is 12.8 Å². The lowest BCUT2D eigenvalue weighted by Crippen LogP contribution is -2.44. The summed E-state index contributed by atoms with van der Waals surface area (Å²) in [6.45, 7) is 10.1. The summed E-state index contributed by atoms with van der Waals surface area (Å²) in [4.78, 5) is 16.2. The molecule has 130 valence electrons. The van der Waals surface area contributed by atoms with E-state index >= 15 is 0 Å². The van der Waals surface area contributed by atoms with Crippen LogP contribution in [-0.2, 0) is 17.8 Å². The van der Waals surface area contributed by atoms with Gasteiger partial charge >= 0.3 is 6.09 Å². The number of nitrogens with one attached hydrogen (secondary N) is 2. The topological polar surface area (TPSA) is 68.2 Å². The molecule has 0 spiro atoms. The summed E-state index contributed by atoms with van der Waals surface area (Å²) in [6.07, 6.45) is 7.05. The second-order valence-electron chi connectivity index (χ2n) is 7.24. The number of carbonyl (C=O) groups is 1. The molecule has 0 aromatic carbocycles. The fourth-order valence-electron chi connectivity index (χ4n) is 2.59. The predicted molar refractivity (Wildman–Crippen MR) is 90.1 cm³/mol. The molecule has 1 amide bonds. The minimum absolute atomic E-state index is 0.272. The van der Waals surface area contributed by atoms with Crippen molar-refractivity contribution in [1.82, 2.24) is 20.2 Å². The first-order chi connectivity index (χ1) is 10.9. The van der Waals surface area contributed by atoms with E-state index in [4.69, 9.17) is 4.74 Å². The number of carbonyl (C=O) groups excluding carboxylic acids is 1. The zero-order valence-corrected chi connectivity index (χ0v) is 14.8. The monoisotopic (exact) mass is 322 g/mol. The summed E-state index contributed by atoms with van der Waals surface area (Å²) in [5.41, 5.74) is -0.461. The molecule has 1 unspecified atom stereocenters. The number of amides is 1. The summed E-state index contributed by atoms with van der Waals surface area (Å²) < 4.78 is 7.47. The third-order valence-electron chi connectivity index (χ3n) is 3.84. The molecule has 0 radical (unpaired) electrons. The number of hydrogen-bond donors (Lipinski definition) is 2. The normalized spacial score (nSPS) is 16.2. The molecule has 2 rings (SSSR count). The average molecular weight is 322 g/mol. The molecule has 1 fully saturated rings. The highest BCUT2D eigenvalue weighted by Gasteiger charge is 2.31. The van der Waals surface area contributed by atoms with E-state index in [9.17, 15) is 4.79 Å². The van der Waals surface area contributed by atoms with Crippen molar-refractivity contribution in [2.45, 2.75) is 71.7 Å². The highest BCUT2D eigenvalue weighted by molar-refractivity contribution is 5.67. The van der Waals surface area contributed by atoms with Gasteiger partial charge in [-0.05, 0) is 46.0 Å². The summed E-state index contributed by atoms with van der Waals surface area (Å²) in [6, 6.07) is 0.272. The summed E-state index contributed by atoms with van der Waals surface area (Å²) in [5, 5.41) is 6.43. The maximum Gasteiger partial charge on any atom is 0.407 e. The summed E-state index contributed by atoms with van der Waals surface area (Å²) in [5.74, 6) is 1.69. The second kappa shape index (κ2) is 7.81. The third-order valence-corrected chi connectivity index (χ3v) is 3.84. The second-order valence-corrected chi connectivity index (χ2v) is 7.24. The number of aryl methyl sites for hydroxylation is 1. The van der Waals surface area contributed by atoms with Crippen molar-refractivity contribution < 1.29 is 9.53 Å². The van der Waals surface area contributed by atoms with Crippen LogP contribution in [-0.4, -0.2) is 33.8 Å². The number of imidazole rings is 1. The summed E-state index contributed by atoms with van der Waals surface area (Å²) in [7, 11) is 0. The maximum absolute atomic E-state index is 11.8. The van der Waals surface area contributed by atoms with Gasteiger partial charge in [-0.25, -0.2) is 9.78 Å². The molecule has 1 saturated carbocycles. The largest absolute Gasteiger partial charge is 0.444 e. The van der Waals surface area contributed by atoms with Crippen LogP contribution in [0.2, 0.25) is 0 Å². The minimum atomic E-state index is -0.461. The molecule has 2 N–H and O–H groups in total. The highest BCUT2D eigenvalue weighted by atomic mass is 16.6. The van der Waals surface area contributed by atoms with E-state index in [2.05, 4.69) is 27.1 Å². The Labute approximate surface area is 139 Å². The Bertz CT molecular complexity index is 503. The number of nitrogens with zero attached hydrogens (tertiary/aromatic N) is 2. The van der Waals surface area contributed by atoms with Crippen molar-refractivity contribution in [1.29, 1.82) is 0 Å². The molecule has 1 aromatic rings. The molecule has 0 saturated heterocycles. The van der Waals surface area contributed by atoms with E-state index in [-0.39, 0.29) is 12.1 Å². The fourth-order valence-corrected chi connectivity index (χ4v) is 2.59. The molecular weight excluding hydrogens is 292 g/mol. The van der Waals surface area contributed by atoms with Gasteiger partial charge in [0.25, 0.3) is 0 Å². The van der Waals surface area contributed by atoms with Crippen LogP contribution in [0.5, 0.6) is 0 Å². The van der Waals surface area contributed by atoms with E-state index < -0.39 is 5.60 Å². The minimum Gasteiger partial charge on any atom is -0.444 e. The molecule has 6 nitrogen and oxygen atoms in total. The van der Waals surface area contributed by atoms with Gasteiger partial charge in [0.15, 0.2) is 0 Å². The van der Waals surface area contributed by atoms with Crippen molar-refractivity contribution >= 4 is 6.09 Å². The molecule has 23 heavy (non-hydrogen) atoms. The quantitative estimate of drug-likeness (QED) is 0.772. The van der Waals surface area contributed by atoms with Crippen LogP contribution in [0.1, 0.15) is 52.8 Å². The first-order valence-electron chi connectivity index (χ1n) is 8.59.